The van der Waals surface area contributed by atoms with Gasteiger partial charge < -0.3 is 0 Å². The van der Waals surface area contributed by atoms with Crippen LogP contribution in [0, 0.1) is 22.9 Å². The van der Waals surface area contributed by atoms with Crippen molar-refractivity contribution in [3.63, 3.8) is 0 Å². The lowest BCUT2D eigenvalue weighted by molar-refractivity contribution is -0.385. The number of hydrogen-bond acceptors (Lipinski definition) is 2. The highest BCUT2D eigenvalue weighted by molar-refractivity contribution is 9.09. The second-order valence-corrected chi connectivity index (χ2v) is 3.60. The molecule has 0 bridgehead atoms. The molecule has 15 heavy (non-hydrogen) atoms. The van der Waals surface area contributed by atoms with Crippen LogP contribution in [0.2, 0.25) is 0 Å². The number of allylic oxidation sites excluding steroid dienone is 1. The third-order valence-corrected chi connectivity index (χ3v) is 2.34. The number of halogens is 2. The molecule has 0 aliphatic rings. The van der Waals surface area contributed by atoms with Gasteiger partial charge >= 0.3 is 0 Å². The summed E-state index contributed by atoms with van der Waals surface area (Å²) in [5, 5.41) is 11.2. The van der Waals surface area contributed by atoms with Crippen molar-refractivity contribution in [1.82, 2.24) is 0 Å². The van der Waals surface area contributed by atoms with Crippen LogP contribution in [0.15, 0.2) is 18.2 Å². The van der Waals surface area contributed by atoms with E-state index in [9.17, 15) is 14.5 Å². The van der Waals surface area contributed by atoms with Crippen LogP contribution < -0.4 is 0 Å². The lowest BCUT2D eigenvalue weighted by Gasteiger charge is -2.02. The van der Waals surface area contributed by atoms with E-state index in [1.165, 1.54) is 6.07 Å². The van der Waals surface area contributed by atoms with E-state index in [1.807, 2.05) is 0 Å². The normalized spacial score (nSPS) is 10.9. The average molecular weight is 274 g/mol. The largest absolute Gasteiger partial charge is 0.275 e. The standard InChI is InChI=1S/C10H9BrFNO2/c1-7-8(3-2-4-11)5-9(12)6-10(7)13(14)15/h2-3,5-6H,4H2,1H3. The monoisotopic (exact) mass is 273 g/mol. The van der Waals surface area contributed by atoms with Crippen LogP contribution in [0.25, 0.3) is 6.08 Å². The Hall–Kier alpha value is -1.23. The van der Waals surface area contributed by atoms with Gasteiger partial charge in [-0.2, -0.15) is 0 Å². The van der Waals surface area contributed by atoms with Gasteiger partial charge in [-0.05, 0) is 18.6 Å². The van der Waals surface area contributed by atoms with Crippen molar-refractivity contribution in [1.29, 1.82) is 0 Å². The van der Waals surface area contributed by atoms with Crippen LogP contribution in [0.1, 0.15) is 11.1 Å². The predicted molar refractivity (Wildman–Crippen MR) is 60.6 cm³/mol. The van der Waals surface area contributed by atoms with Gasteiger partial charge in [0, 0.05) is 10.9 Å². The SMILES string of the molecule is Cc1c(C=CCBr)cc(F)cc1[N+](=O)[O-]. The summed E-state index contributed by atoms with van der Waals surface area (Å²) in [5.74, 6) is -0.596. The van der Waals surface area contributed by atoms with E-state index >= 15 is 0 Å². The quantitative estimate of drug-likeness (QED) is 0.481. The average Bonchev–Trinajstić information content (AvgIpc) is 2.18. The van der Waals surface area contributed by atoms with Crippen LogP contribution in [0.3, 0.4) is 0 Å². The summed E-state index contributed by atoms with van der Waals surface area (Å²) < 4.78 is 13.0. The summed E-state index contributed by atoms with van der Waals surface area (Å²) in [5.41, 5.74) is 0.809. The van der Waals surface area contributed by atoms with E-state index in [1.54, 1.807) is 19.1 Å². The Balaban J connectivity index is 3.28. The molecule has 0 aliphatic carbocycles. The third-order valence-electron chi connectivity index (χ3n) is 1.97. The van der Waals surface area contributed by atoms with Crippen molar-refractivity contribution in [2.45, 2.75) is 6.92 Å². The first kappa shape index (κ1) is 11.8. The summed E-state index contributed by atoms with van der Waals surface area (Å²) in [6, 6.07) is 2.21. The molecule has 0 atom stereocenters. The number of nitrogens with zero attached hydrogens (tertiary/aromatic N) is 1. The highest BCUT2D eigenvalue weighted by Gasteiger charge is 2.14. The molecule has 0 unspecified atom stereocenters. The van der Waals surface area contributed by atoms with Crippen molar-refractivity contribution >= 4 is 27.7 Å². The van der Waals surface area contributed by atoms with Gasteiger partial charge in [-0.1, -0.05) is 28.1 Å². The fourth-order valence-corrected chi connectivity index (χ4v) is 1.41. The van der Waals surface area contributed by atoms with Crippen LogP contribution >= 0.6 is 15.9 Å². The van der Waals surface area contributed by atoms with Gasteiger partial charge in [0.15, 0.2) is 0 Å². The summed E-state index contributed by atoms with van der Waals surface area (Å²) in [6.45, 7) is 1.60. The minimum atomic E-state index is -0.596. The fourth-order valence-electron chi connectivity index (χ4n) is 1.22. The van der Waals surface area contributed by atoms with Crippen molar-refractivity contribution in [3.8, 4) is 0 Å². The van der Waals surface area contributed by atoms with Gasteiger partial charge in [0.25, 0.3) is 5.69 Å². The molecule has 0 N–H and O–H groups in total. The van der Waals surface area contributed by atoms with Crippen molar-refractivity contribution in [2.24, 2.45) is 0 Å². The Bertz CT molecular complexity index is 418. The van der Waals surface area contributed by atoms with E-state index in [-0.39, 0.29) is 5.69 Å². The smallest absolute Gasteiger partial charge is 0.258 e. The predicted octanol–water partition coefficient (Wildman–Crippen LogP) is 3.45. The van der Waals surface area contributed by atoms with Crippen molar-refractivity contribution in [2.75, 3.05) is 5.33 Å². The number of alkyl halides is 1. The summed E-state index contributed by atoms with van der Waals surface area (Å²) in [6.07, 6.45) is 3.41. The van der Waals surface area contributed by atoms with Gasteiger partial charge in [0.2, 0.25) is 0 Å². The molecule has 1 aromatic rings. The number of rotatable bonds is 3. The molecule has 80 valence electrons. The van der Waals surface area contributed by atoms with Crippen molar-refractivity contribution in [3.05, 3.63) is 45.3 Å². The maximum Gasteiger partial charge on any atom is 0.275 e. The van der Waals surface area contributed by atoms with Crippen LogP contribution in [0.4, 0.5) is 10.1 Å². The minimum absolute atomic E-state index is 0.191. The van der Waals surface area contributed by atoms with Crippen LogP contribution in [0.5, 0.6) is 0 Å². The molecular weight excluding hydrogens is 265 g/mol. The molecule has 1 aromatic carbocycles. The zero-order valence-corrected chi connectivity index (χ0v) is 9.62. The Morgan fingerprint density at radius 1 is 1.60 bits per heavy atom. The van der Waals surface area contributed by atoms with E-state index in [2.05, 4.69) is 15.9 Å². The third kappa shape index (κ3) is 2.86. The minimum Gasteiger partial charge on any atom is -0.258 e. The zero-order valence-electron chi connectivity index (χ0n) is 8.04. The molecule has 3 nitrogen and oxygen atoms in total. The Morgan fingerprint density at radius 3 is 2.80 bits per heavy atom. The number of hydrogen-bond donors (Lipinski definition) is 0. The second-order valence-electron chi connectivity index (χ2n) is 2.95. The topological polar surface area (TPSA) is 43.1 Å². The Morgan fingerprint density at radius 2 is 2.27 bits per heavy atom. The molecular formula is C10H9BrFNO2. The molecule has 0 saturated heterocycles. The van der Waals surface area contributed by atoms with Crippen LogP contribution in [-0.2, 0) is 0 Å². The first-order valence-electron chi connectivity index (χ1n) is 4.23. The van der Waals surface area contributed by atoms with E-state index < -0.39 is 10.7 Å². The molecule has 0 heterocycles. The van der Waals surface area contributed by atoms with Gasteiger partial charge in [0.1, 0.15) is 5.82 Å². The highest BCUT2D eigenvalue weighted by Crippen LogP contribution is 2.24. The van der Waals surface area contributed by atoms with Crippen molar-refractivity contribution < 1.29 is 9.31 Å². The highest BCUT2D eigenvalue weighted by atomic mass is 79.9. The first-order chi connectivity index (χ1) is 7.06. The Labute approximate surface area is 94.9 Å². The number of nitro groups is 1. The lowest BCUT2D eigenvalue weighted by atomic mass is 10.1. The summed E-state index contributed by atoms with van der Waals surface area (Å²) in [7, 11) is 0. The van der Waals surface area contributed by atoms with Gasteiger partial charge in [0.05, 0.1) is 11.0 Å². The van der Waals surface area contributed by atoms with E-state index in [4.69, 9.17) is 0 Å². The molecule has 0 fully saturated rings. The first-order valence-corrected chi connectivity index (χ1v) is 5.35. The van der Waals surface area contributed by atoms with Gasteiger partial charge in [-0.15, -0.1) is 0 Å². The van der Waals surface area contributed by atoms with Gasteiger partial charge in [-0.3, -0.25) is 10.1 Å². The van der Waals surface area contributed by atoms with E-state index in [0.717, 1.165) is 6.07 Å². The fraction of sp³-hybridized carbons (Fsp3) is 0.200. The molecule has 5 heteroatoms. The Kier molecular flexibility index (Phi) is 3.96. The molecule has 1 rings (SSSR count). The second kappa shape index (κ2) is 5.02. The summed E-state index contributed by atoms with van der Waals surface area (Å²) in [4.78, 5) is 10.0. The van der Waals surface area contributed by atoms with E-state index in [0.29, 0.717) is 16.5 Å². The summed E-state index contributed by atoms with van der Waals surface area (Å²) >= 11 is 3.18. The maximum absolute atomic E-state index is 13.0. The number of nitro benzene ring substituents is 1. The molecule has 0 aromatic heterocycles. The number of benzene rings is 1. The zero-order chi connectivity index (χ0) is 11.4. The maximum atomic E-state index is 13.0. The molecule has 0 spiro atoms. The molecule has 0 saturated carbocycles. The molecule has 0 aliphatic heterocycles. The molecule has 0 radical (unpaired) electrons. The van der Waals surface area contributed by atoms with Crippen LogP contribution in [-0.4, -0.2) is 10.3 Å². The van der Waals surface area contributed by atoms with Gasteiger partial charge in [-0.25, -0.2) is 4.39 Å². The molecule has 0 amide bonds. The lowest BCUT2D eigenvalue weighted by Crippen LogP contribution is -1.95.